The molecular weight excluding hydrogens is 190 g/mol. The Labute approximate surface area is 68.6 Å². The fraction of sp³-hybridized carbons (Fsp3) is 0. The van der Waals surface area contributed by atoms with Crippen LogP contribution >= 0.6 is 10.7 Å². The molecule has 4 nitrogen and oxygen atoms in total. The normalized spacial score (nSPS) is 11.0. The highest BCUT2D eigenvalue weighted by molar-refractivity contribution is 8.10. The Morgan fingerprint density at radius 3 is 2.18 bits per heavy atom. The Hall–Kier alpha value is -0.810. The topological polar surface area (TPSA) is 47.3 Å². The quantitative estimate of drug-likeness (QED) is 0.488. The van der Waals surface area contributed by atoms with Crippen molar-refractivity contribution in [2.75, 3.05) is 0 Å². The van der Waals surface area contributed by atoms with E-state index in [9.17, 15) is 8.42 Å². The number of hydrogen-bond acceptors (Lipinski definition) is 3. The molecule has 0 aliphatic heterocycles. The van der Waals surface area contributed by atoms with Gasteiger partial charge in [-0.2, -0.15) is 8.42 Å². The van der Waals surface area contributed by atoms with Crippen molar-refractivity contribution in [2.24, 2.45) is 0 Å². The molecule has 1 rings (SSSR count). The van der Waals surface area contributed by atoms with Gasteiger partial charge in [-0.1, -0.05) is 6.07 Å². The summed E-state index contributed by atoms with van der Waals surface area (Å²) in [6.45, 7) is 0. The summed E-state index contributed by atoms with van der Waals surface area (Å²) in [7, 11) is 0.855. The molecule has 0 fully saturated rings. The average molecular weight is 195 g/mol. The summed E-state index contributed by atoms with van der Waals surface area (Å²) in [6.07, 6.45) is 2.83. The summed E-state index contributed by atoms with van der Waals surface area (Å²) in [5.41, 5.74) is 0. The zero-order valence-corrected chi connectivity index (χ0v) is 6.92. The molecule has 6 heteroatoms. The van der Waals surface area contributed by atoms with Gasteiger partial charge in [0.05, 0.1) is 10.7 Å². The van der Waals surface area contributed by atoms with E-state index in [1.165, 1.54) is 12.4 Å². The van der Waals surface area contributed by atoms with Gasteiger partial charge in [0.1, 0.15) is 0 Å². The molecule has 0 unspecified atom stereocenters. The minimum Gasteiger partial charge on any atom is -0.165 e. The van der Waals surface area contributed by atoms with E-state index in [4.69, 9.17) is 10.7 Å². The Morgan fingerprint density at radius 2 is 1.73 bits per heavy atom. The predicted molar refractivity (Wildman–Crippen MR) is 38.0 cm³/mol. The number of aromatic nitrogens is 1. The monoisotopic (exact) mass is 194 g/mol. The van der Waals surface area contributed by atoms with Crippen LogP contribution in [0.25, 0.3) is 0 Å². The largest absolute Gasteiger partial charge is 0.455 e. The van der Waals surface area contributed by atoms with E-state index >= 15 is 0 Å². The van der Waals surface area contributed by atoms with Crippen molar-refractivity contribution in [3.63, 3.8) is 0 Å². The summed E-state index contributed by atoms with van der Waals surface area (Å²) in [6, 6.07) is 4.95. The molecule has 0 aliphatic carbocycles. The van der Waals surface area contributed by atoms with Crippen molar-refractivity contribution in [2.45, 2.75) is 0 Å². The Bertz CT molecular complexity index is 323. The molecule has 0 atom stereocenters. The molecule has 1 aromatic heterocycles. The van der Waals surface area contributed by atoms with Gasteiger partial charge in [0.2, 0.25) is 12.4 Å². The molecule has 1 heterocycles. The second-order valence-electron chi connectivity index (χ2n) is 1.70. The lowest BCUT2D eigenvalue weighted by Crippen LogP contribution is -2.43. The van der Waals surface area contributed by atoms with Gasteiger partial charge in [0, 0.05) is 16.9 Å². The van der Waals surface area contributed by atoms with Gasteiger partial charge in [-0.25, -0.2) is 0 Å². The molecule has 60 valence electrons. The van der Waals surface area contributed by atoms with Crippen molar-refractivity contribution in [1.29, 1.82) is 0 Å². The first-order valence-electron chi connectivity index (χ1n) is 2.69. The van der Waals surface area contributed by atoms with E-state index in [0.717, 1.165) is 4.73 Å². The fourth-order valence-corrected chi connectivity index (χ4v) is 1.04. The van der Waals surface area contributed by atoms with Crippen LogP contribution in [-0.4, -0.2) is 8.42 Å². The lowest BCUT2D eigenvalue weighted by molar-refractivity contribution is -0.855. The maximum absolute atomic E-state index is 10.3. The Morgan fingerprint density at radius 1 is 1.18 bits per heavy atom. The van der Waals surface area contributed by atoms with E-state index in [1.807, 2.05) is 0 Å². The molecule has 0 saturated carbocycles. The van der Waals surface area contributed by atoms with Crippen LogP contribution in [-0.2, 0) is 9.33 Å². The predicted octanol–water partition coefficient (Wildman–Crippen LogP) is -0.114. The number of nitrogens with zero attached hydrogens (tertiary/aromatic N) is 1. The number of pyridine rings is 1. The third kappa shape index (κ3) is 3.20. The third-order valence-corrected chi connectivity index (χ3v) is 1.38. The standard InChI is InChI=1S/C5H5ClNO3S/c6-11(8,9)10-7-4-2-1-3-5-7/h1-5H/q+1. The zero-order valence-electron chi connectivity index (χ0n) is 5.34. The molecular formula is C5H5ClNO3S+. The highest BCUT2D eigenvalue weighted by atomic mass is 35.7. The van der Waals surface area contributed by atoms with Crippen LogP contribution in [0.4, 0.5) is 0 Å². The Kier molecular flexibility index (Phi) is 2.31. The first kappa shape index (κ1) is 8.29. The molecule has 1 aromatic rings. The average Bonchev–Trinajstić information content (AvgIpc) is 1.85. The van der Waals surface area contributed by atoms with Crippen molar-refractivity contribution in [1.82, 2.24) is 0 Å². The highest BCUT2D eigenvalue weighted by Crippen LogP contribution is 1.88. The maximum atomic E-state index is 10.3. The van der Waals surface area contributed by atoms with E-state index in [1.54, 1.807) is 18.2 Å². The zero-order chi connectivity index (χ0) is 8.32. The van der Waals surface area contributed by atoms with Gasteiger partial charge in [-0.05, 0) is 0 Å². The minimum atomic E-state index is -3.94. The molecule has 0 aromatic carbocycles. The van der Waals surface area contributed by atoms with Gasteiger partial charge in [-0.15, -0.1) is 4.28 Å². The van der Waals surface area contributed by atoms with Crippen molar-refractivity contribution >= 4 is 20.0 Å². The fourth-order valence-electron chi connectivity index (χ4n) is 0.535. The van der Waals surface area contributed by atoms with E-state index in [0.29, 0.717) is 0 Å². The molecule has 0 aliphatic rings. The smallest absolute Gasteiger partial charge is 0.165 e. The lowest BCUT2D eigenvalue weighted by Gasteiger charge is -1.88. The van der Waals surface area contributed by atoms with E-state index in [-0.39, 0.29) is 0 Å². The third-order valence-electron chi connectivity index (χ3n) is 0.863. The van der Waals surface area contributed by atoms with Crippen molar-refractivity contribution in [3.05, 3.63) is 30.6 Å². The molecule has 0 N–H and O–H groups in total. The number of halogens is 1. The minimum absolute atomic E-state index is 0.988. The molecule has 0 spiro atoms. The number of hydrogen-bond donors (Lipinski definition) is 0. The summed E-state index contributed by atoms with van der Waals surface area (Å²) >= 11 is 0. The van der Waals surface area contributed by atoms with Gasteiger partial charge in [0.15, 0.2) is 0 Å². The van der Waals surface area contributed by atoms with Gasteiger partial charge >= 0.3 is 9.33 Å². The summed E-state index contributed by atoms with van der Waals surface area (Å²) in [5, 5.41) is 0. The second kappa shape index (κ2) is 3.06. The summed E-state index contributed by atoms with van der Waals surface area (Å²) in [5.74, 6) is 0. The first-order chi connectivity index (χ1) is 5.08. The van der Waals surface area contributed by atoms with Crippen LogP contribution in [0.1, 0.15) is 0 Å². The SMILES string of the molecule is O=S(=O)(Cl)O[n+]1ccccc1. The van der Waals surface area contributed by atoms with Gasteiger partial charge in [-0.3, -0.25) is 0 Å². The van der Waals surface area contributed by atoms with Gasteiger partial charge < -0.3 is 0 Å². The lowest BCUT2D eigenvalue weighted by atomic mass is 10.5. The van der Waals surface area contributed by atoms with Crippen LogP contribution in [0.5, 0.6) is 0 Å². The number of rotatable bonds is 2. The van der Waals surface area contributed by atoms with E-state index < -0.39 is 9.33 Å². The molecule has 0 saturated heterocycles. The van der Waals surface area contributed by atoms with Crippen LogP contribution in [0.15, 0.2) is 30.6 Å². The van der Waals surface area contributed by atoms with Crippen LogP contribution < -0.4 is 9.01 Å². The summed E-state index contributed by atoms with van der Waals surface area (Å²) in [4.78, 5) is 0. The molecule has 0 bridgehead atoms. The van der Waals surface area contributed by atoms with Crippen molar-refractivity contribution < 1.29 is 17.4 Å². The van der Waals surface area contributed by atoms with Gasteiger partial charge in [0.25, 0.3) is 0 Å². The summed E-state index contributed by atoms with van der Waals surface area (Å²) < 4.78 is 25.9. The van der Waals surface area contributed by atoms with Crippen molar-refractivity contribution in [3.8, 4) is 0 Å². The molecule has 0 amide bonds. The second-order valence-corrected chi connectivity index (χ2v) is 3.77. The highest BCUT2D eigenvalue weighted by Gasteiger charge is 2.12. The molecule has 0 radical (unpaired) electrons. The molecule has 11 heavy (non-hydrogen) atoms. The maximum Gasteiger partial charge on any atom is 0.455 e. The van der Waals surface area contributed by atoms with Crippen LogP contribution in [0.3, 0.4) is 0 Å². The van der Waals surface area contributed by atoms with Crippen LogP contribution in [0.2, 0.25) is 0 Å². The van der Waals surface area contributed by atoms with Crippen LogP contribution in [0, 0.1) is 0 Å². The first-order valence-corrected chi connectivity index (χ1v) is 4.92. The Balaban J connectivity index is 2.82. The van der Waals surface area contributed by atoms with E-state index in [2.05, 4.69) is 4.28 Å².